The van der Waals surface area contributed by atoms with Crippen molar-refractivity contribution in [3.63, 3.8) is 0 Å². The standard InChI is InChI=1S/C19H22Cl3N5OS.C2H4O2/c1-4-5-6-26(7-8-28)17-15-18(24-11(2)23-17)27(25-19(15)29-3)16-13(21)9-12(20)10-14(16)22;1-2(3)4/h9-10,28H,4-8H2,1-3H3;1H3,(H,3,4). The fraction of sp³-hybridized carbons (Fsp3) is 0.429. The molecule has 2 aromatic heterocycles. The maximum Gasteiger partial charge on any atom is 0.300 e. The van der Waals surface area contributed by atoms with E-state index in [1.807, 2.05) is 13.2 Å². The number of rotatable bonds is 8. The van der Waals surface area contributed by atoms with Gasteiger partial charge in [-0.25, -0.2) is 14.6 Å². The fourth-order valence-corrected chi connectivity index (χ4v) is 4.66. The van der Waals surface area contributed by atoms with Crippen LogP contribution < -0.4 is 4.90 Å². The predicted octanol–water partition coefficient (Wildman–Crippen LogP) is 5.50. The van der Waals surface area contributed by atoms with Crippen LogP contribution in [-0.4, -0.2) is 61.9 Å². The number of aliphatic carboxylic acids is 1. The lowest BCUT2D eigenvalue weighted by molar-refractivity contribution is -0.134. The molecule has 0 radical (unpaired) electrons. The van der Waals surface area contributed by atoms with Crippen LogP contribution in [0.3, 0.4) is 0 Å². The van der Waals surface area contributed by atoms with E-state index in [4.69, 9.17) is 54.8 Å². The lowest BCUT2D eigenvalue weighted by Gasteiger charge is -2.23. The summed E-state index contributed by atoms with van der Waals surface area (Å²) < 4.78 is 1.65. The number of carbonyl (C=O) groups is 1. The van der Waals surface area contributed by atoms with Gasteiger partial charge in [-0.3, -0.25) is 4.79 Å². The highest BCUT2D eigenvalue weighted by Gasteiger charge is 2.24. The molecule has 33 heavy (non-hydrogen) atoms. The largest absolute Gasteiger partial charge is 0.481 e. The van der Waals surface area contributed by atoms with Gasteiger partial charge < -0.3 is 15.1 Å². The fourth-order valence-electron chi connectivity index (χ4n) is 3.13. The molecule has 0 amide bonds. The van der Waals surface area contributed by atoms with Gasteiger partial charge in [-0.05, 0) is 31.7 Å². The molecule has 0 aliphatic rings. The molecule has 2 N–H and O–H groups in total. The highest BCUT2D eigenvalue weighted by atomic mass is 35.5. The van der Waals surface area contributed by atoms with E-state index in [9.17, 15) is 5.11 Å². The first-order valence-corrected chi connectivity index (χ1v) is 12.5. The number of aliphatic hydroxyl groups excluding tert-OH is 1. The van der Waals surface area contributed by atoms with Gasteiger partial charge in [0.1, 0.15) is 22.4 Å². The van der Waals surface area contributed by atoms with Gasteiger partial charge in [-0.15, -0.1) is 11.8 Å². The molecule has 2 heterocycles. The van der Waals surface area contributed by atoms with E-state index in [-0.39, 0.29) is 6.61 Å². The van der Waals surface area contributed by atoms with Crippen LogP contribution in [0.4, 0.5) is 5.82 Å². The van der Waals surface area contributed by atoms with Crippen LogP contribution in [0.1, 0.15) is 32.5 Å². The Morgan fingerprint density at radius 1 is 1.18 bits per heavy atom. The number of aliphatic hydroxyl groups is 1. The monoisotopic (exact) mass is 533 g/mol. The van der Waals surface area contributed by atoms with Crippen molar-refractivity contribution in [2.45, 2.75) is 38.6 Å². The Balaban J connectivity index is 0.000000890. The van der Waals surface area contributed by atoms with Crippen LogP contribution in [-0.2, 0) is 4.79 Å². The molecule has 0 unspecified atom stereocenters. The average molecular weight is 535 g/mol. The van der Waals surface area contributed by atoms with Crippen LogP contribution in [0.15, 0.2) is 17.2 Å². The number of anilines is 1. The van der Waals surface area contributed by atoms with E-state index in [0.717, 1.165) is 42.5 Å². The number of halogens is 3. The second-order valence-electron chi connectivity index (χ2n) is 7.02. The summed E-state index contributed by atoms with van der Waals surface area (Å²) in [6.45, 7) is 6.35. The molecule has 180 valence electrons. The minimum atomic E-state index is -0.833. The van der Waals surface area contributed by atoms with Gasteiger partial charge >= 0.3 is 0 Å². The Labute approximate surface area is 211 Å². The number of hydrogen-bond acceptors (Lipinski definition) is 7. The van der Waals surface area contributed by atoms with Crippen molar-refractivity contribution in [2.75, 3.05) is 30.9 Å². The number of benzene rings is 1. The zero-order valence-electron chi connectivity index (χ0n) is 18.8. The van der Waals surface area contributed by atoms with Crippen molar-refractivity contribution in [1.82, 2.24) is 19.7 Å². The number of nitrogens with zero attached hydrogens (tertiary/aromatic N) is 5. The number of thioether (sulfide) groups is 1. The predicted molar refractivity (Wildman–Crippen MR) is 136 cm³/mol. The Morgan fingerprint density at radius 2 is 1.79 bits per heavy atom. The number of fused-ring (bicyclic) bond motifs is 1. The van der Waals surface area contributed by atoms with E-state index in [2.05, 4.69) is 16.8 Å². The maximum atomic E-state index is 9.59. The summed E-state index contributed by atoms with van der Waals surface area (Å²) in [5, 5.41) is 24.5. The van der Waals surface area contributed by atoms with Crippen molar-refractivity contribution in [1.29, 1.82) is 0 Å². The lowest BCUT2D eigenvalue weighted by atomic mass is 10.2. The van der Waals surface area contributed by atoms with E-state index >= 15 is 0 Å². The highest BCUT2D eigenvalue weighted by molar-refractivity contribution is 7.98. The van der Waals surface area contributed by atoms with Crippen LogP contribution in [0.5, 0.6) is 0 Å². The van der Waals surface area contributed by atoms with Gasteiger partial charge in [0.25, 0.3) is 5.97 Å². The summed E-state index contributed by atoms with van der Waals surface area (Å²) in [4.78, 5) is 20.4. The maximum absolute atomic E-state index is 9.59. The normalized spacial score (nSPS) is 10.8. The first-order chi connectivity index (χ1) is 15.6. The van der Waals surface area contributed by atoms with E-state index in [1.165, 1.54) is 11.8 Å². The van der Waals surface area contributed by atoms with Gasteiger partial charge in [-0.2, -0.15) is 5.10 Å². The summed E-state index contributed by atoms with van der Waals surface area (Å²) >= 11 is 20.5. The lowest BCUT2D eigenvalue weighted by Crippen LogP contribution is -2.29. The molecule has 0 saturated carbocycles. The van der Waals surface area contributed by atoms with Crippen molar-refractivity contribution in [3.8, 4) is 5.69 Å². The number of carboxylic acid groups (broad SMARTS) is 1. The van der Waals surface area contributed by atoms with E-state index in [1.54, 1.807) is 16.8 Å². The summed E-state index contributed by atoms with van der Waals surface area (Å²) in [7, 11) is 0. The van der Waals surface area contributed by atoms with E-state index < -0.39 is 5.97 Å². The Morgan fingerprint density at radius 3 is 2.30 bits per heavy atom. The molecule has 0 bridgehead atoms. The third-order valence-corrected chi connectivity index (χ3v) is 5.89. The molecule has 3 rings (SSSR count). The van der Waals surface area contributed by atoms with Gasteiger partial charge in [0.05, 0.1) is 22.0 Å². The van der Waals surface area contributed by atoms with E-state index in [0.29, 0.717) is 38.8 Å². The third-order valence-electron chi connectivity index (χ3n) is 4.43. The zero-order chi connectivity index (χ0) is 24.7. The summed E-state index contributed by atoms with van der Waals surface area (Å²) in [5.74, 6) is 0.522. The van der Waals surface area contributed by atoms with Crippen molar-refractivity contribution in [3.05, 3.63) is 33.0 Å². The number of carboxylic acids is 1. The highest BCUT2D eigenvalue weighted by Crippen LogP contribution is 2.38. The number of aromatic nitrogens is 4. The second-order valence-corrected chi connectivity index (χ2v) is 9.06. The minimum absolute atomic E-state index is 0.0336. The van der Waals surface area contributed by atoms with Gasteiger partial charge in [0, 0.05) is 25.0 Å². The van der Waals surface area contributed by atoms with Crippen LogP contribution in [0.2, 0.25) is 15.1 Å². The molecular formula is C21H26Cl3N5O3S. The SMILES string of the molecule is CC(=O)O.CCCCN(CCO)c1nc(C)nc2c1c(SC)nn2-c1c(Cl)cc(Cl)cc1Cl. The molecule has 3 aromatic rings. The third kappa shape index (κ3) is 6.86. The first-order valence-electron chi connectivity index (χ1n) is 10.2. The number of hydrogen-bond donors (Lipinski definition) is 2. The Hall–Kier alpha value is -1.78. The zero-order valence-corrected chi connectivity index (χ0v) is 21.9. The molecule has 0 spiro atoms. The minimum Gasteiger partial charge on any atom is -0.481 e. The summed E-state index contributed by atoms with van der Waals surface area (Å²) in [6, 6.07) is 3.26. The molecule has 0 atom stereocenters. The Bertz CT molecular complexity index is 1100. The Kier molecular flexibility index (Phi) is 10.5. The van der Waals surface area contributed by atoms with Crippen LogP contribution in [0.25, 0.3) is 16.7 Å². The number of aryl methyl sites for hydroxylation is 1. The molecule has 0 fully saturated rings. The average Bonchev–Trinajstić information content (AvgIpc) is 3.07. The van der Waals surface area contributed by atoms with Gasteiger partial charge in [-0.1, -0.05) is 48.1 Å². The molecule has 0 aliphatic heterocycles. The van der Waals surface area contributed by atoms with Gasteiger partial charge in [0.2, 0.25) is 0 Å². The van der Waals surface area contributed by atoms with Crippen LogP contribution in [0, 0.1) is 6.92 Å². The summed E-state index contributed by atoms with van der Waals surface area (Å²) in [5.41, 5.74) is 1.14. The summed E-state index contributed by atoms with van der Waals surface area (Å²) in [6.07, 6.45) is 3.98. The quantitative estimate of drug-likeness (QED) is 0.365. The van der Waals surface area contributed by atoms with Crippen molar-refractivity contribution >= 4 is 69.4 Å². The van der Waals surface area contributed by atoms with Crippen molar-refractivity contribution in [2.24, 2.45) is 0 Å². The molecule has 0 aliphatic carbocycles. The van der Waals surface area contributed by atoms with Crippen molar-refractivity contribution < 1.29 is 15.0 Å². The topological polar surface area (TPSA) is 104 Å². The molecule has 1 aromatic carbocycles. The molecular weight excluding hydrogens is 509 g/mol. The smallest absolute Gasteiger partial charge is 0.300 e. The number of unbranched alkanes of at least 4 members (excludes halogenated alkanes) is 1. The van der Waals surface area contributed by atoms with Crippen LogP contribution >= 0.6 is 46.6 Å². The molecule has 8 nitrogen and oxygen atoms in total. The van der Waals surface area contributed by atoms with Gasteiger partial charge in [0.15, 0.2) is 5.65 Å². The second kappa shape index (κ2) is 12.6. The first kappa shape index (κ1) is 27.5. The molecule has 12 heteroatoms. The molecule has 0 saturated heterocycles.